The summed E-state index contributed by atoms with van der Waals surface area (Å²) in [5.41, 5.74) is 4.68. The van der Waals surface area contributed by atoms with E-state index in [2.05, 4.69) is 15.0 Å². The number of hydrogen-bond acceptors (Lipinski definition) is 4. The molecule has 6 nitrogen and oxygen atoms in total. The summed E-state index contributed by atoms with van der Waals surface area (Å²) >= 11 is 0. The number of carbonyl (C=O) groups is 1. The second-order valence-electron chi connectivity index (χ2n) is 6.43. The lowest BCUT2D eigenvalue weighted by Gasteiger charge is -2.09. The van der Waals surface area contributed by atoms with Gasteiger partial charge in [0.2, 0.25) is 0 Å². The van der Waals surface area contributed by atoms with Crippen molar-refractivity contribution in [1.82, 2.24) is 9.38 Å². The first-order valence-corrected chi connectivity index (χ1v) is 8.92. The molecule has 0 aliphatic carbocycles. The largest absolute Gasteiger partial charge is 0.453 e. The van der Waals surface area contributed by atoms with Crippen molar-refractivity contribution in [2.45, 2.75) is 6.61 Å². The first kappa shape index (κ1) is 18.6. The minimum absolute atomic E-state index is 0.265. The molecule has 0 saturated heterocycles. The molecule has 1 amide bonds. The Morgan fingerprint density at radius 3 is 2.59 bits per heavy atom. The molecule has 146 valence electrons. The van der Waals surface area contributed by atoms with Crippen molar-refractivity contribution in [2.75, 3.05) is 12.4 Å². The first-order valence-electron chi connectivity index (χ1n) is 8.92. The summed E-state index contributed by atoms with van der Waals surface area (Å²) in [6, 6.07) is 15.7. The van der Waals surface area contributed by atoms with Crippen LogP contribution in [0.3, 0.4) is 0 Å². The number of hydrogen-bond donors (Lipinski definition) is 2. The van der Waals surface area contributed by atoms with Gasteiger partial charge in [0, 0.05) is 29.2 Å². The van der Waals surface area contributed by atoms with Gasteiger partial charge in [-0.1, -0.05) is 24.3 Å². The van der Waals surface area contributed by atoms with E-state index in [0.717, 1.165) is 22.5 Å². The van der Waals surface area contributed by atoms with Gasteiger partial charge in [0.1, 0.15) is 11.5 Å². The summed E-state index contributed by atoms with van der Waals surface area (Å²) in [6.07, 6.45) is 3.20. The number of halogens is 1. The molecular formula is C22H18FN3O3. The summed E-state index contributed by atoms with van der Waals surface area (Å²) < 4.78 is 20.4. The number of pyridine rings is 1. The van der Waals surface area contributed by atoms with Gasteiger partial charge < -0.3 is 14.2 Å². The van der Waals surface area contributed by atoms with E-state index in [4.69, 9.17) is 0 Å². The molecule has 0 aliphatic heterocycles. The number of aliphatic hydroxyl groups is 1. The van der Waals surface area contributed by atoms with Crippen molar-refractivity contribution in [3.05, 3.63) is 78.4 Å². The van der Waals surface area contributed by atoms with Crippen LogP contribution in [0.25, 0.3) is 28.0 Å². The van der Waals surface area contributed by atoms with Crippen LogP contribution in [0.4, 0.5) is 14.9 Å². The molecule has 2 heterocycles. The van der Waals surface area contributed by atoms with Crippen molar-refractivity contribution in [2.24, 2.45) is 0 Å². The molecule has 2 N–H and O–H groups in total. The zero-order chi connectivity index (χ0) is 20.4. The van der Waals surface area contributed by atoms with Crippen molar-refractivity contribution in [3.8, 4) is 22.4 Å². The van der Waals surface area contributed by atoms with Gasteiger partial charge >= 0.3 is 6.09 Å². The maximum absolute atomic E-state index is 14.0. The molecule has 29 heavy (non-hydrogen) atoms. The van der Waals surface area contributed by atoms with Crippen LogP contribution in [0.15, 0.2) is 67.0 Å². The number of imidazole rings is 1. The fourth-order valence-electron chi connectivity index (χ4n) is 3.17. The number of rotatable bonds is 4. The van der Waals surface area contributed by atoms with E-state index < -0.39 is 11.9 Å². The second-order valence-corrected chi connectivity index (χ2v) is 6.43. The fourth-order valence-corrected chi connectivity index (χ4v) is 3.17. The molecule has 0 radical (unpaired) electrons. The summed E-state index contributed by atoms with van der Waals surface area (Å²) in [5.74, 6) is -0.433. The predicted octanol–water partition coefficient (Wildman–Crippen LogP) is 4.48. The third-order valence-electron chi connectivity index (χ3n) is 4.65. The molecule has 0 saturated carbocycles. The number of amides is 1. The third kappa shape index (κ3) is 3.68. The molecule has 7 heteroatoms. The SMILES string of the molecule is COC(=O)Nc1ccc(-c2cn3cc(-c4cccc(F)c4CO)ccc3n2)cc1. The van der Waals surface area contributed by atoms with E-state index in [1.165, 1.54) is 13.2 Å². The number of nitrogens with zero attached hydrogens (tertiary/aromatic N) is 2. The van der Waals surface area contributed by atoms with Crippen LogP contribution in [-0.2, 0) is 11.3 Å². The topological polar surface area (TPSA) is 75.9 Å². The lowest BCUT2D eigenvalue weighted by Crippen LogP contribution is -2.10. The average Bonchev–Trinajstić information content (AvgIpc) is 3.17. The molecule has 4 aromatic rings. The Morgan fingerprint density at radius 2 is 1.86 bits per heavy atom. The Labute approximate surface area is 166 Å². The molecule has 0 bridgehead atoms. The minimum atomic E-state index is -0.530. The number of aliphatic hydroxyl groups excluding tert-OH is 1. The van der Waals surface area contributed by atoms with Gasteiger partial charge in [0.25, 0.3) is 0 Å². The van der Waals surface area contributed by atoms with Crippen LogP contribution < -0.4 is 5.32 Å². The minimum Gasteiger partial charge on any atom is -0.453 e. The zero-order valence-corrected chi connectivity index (χ0v) is 15.6. The number of benzene rings is 2. The molecule has 0 fully saturated rings. The molecule has 0 aliphatic rings. The molecule has 2 aromatic carbocycles. The third-order valence-corrected chi connectivity index (χ3v) is 4.65. The van der Waals surface area contributed by atoms with Crippen LogP contribution >= 0.6 is 0 Å². The van der Waals surface area contributed by atoms with Crippen molar-refractivity contribution in [1.29, 1.82) is 0 Å². The molecule has 0 spiro atoms. The number of aromatic nitrogens is 2. The maximum atomic E-state index is 14.0. The van der Waals surface area contributed by atoms with E-state index in [9.17, 15) is 14.3 Å². The Hall–Kier alpha value is -3.71. The second kappa shape index (κ2) is 7.73. The van der Waals surface area contributed by atoms with Gasteiger partial charge in [-0.25, -0.2) is 14.2 Å². The number of nitrogens with one attached hydrogen (secondary N) is 1. The highest BCUT2D eigenvalue weighted by Gasteiger charge is 2.11. The van der Waals surface area contributed by atoms with Crippen LogP contribution in [0, 0.1) is 5.82 Å². The van der Waals surface area contributed by atoms with E-state index in [1.807, 2.05) is 41.1 Å². The number of ether oxygens (including phenoxy) is 1. The molecule has 0 atom stereocenters. The van der Waals surface area contributed by atoms with E-state index in [1.54, 1.807) is 24.3 Å². The molecule has 2 aromatic heterocycles. The molecule has 4 rings (SSSR count). The standard InChI is InChI=1S/C22H18FN3O3/c1-29-22(28)24-16-8-5-14(6-9-16)20-12-26-11-15(7-10-21(26)25-20)17-3-2-4-19(23)18(17)13-27/h2-12,27H,13H2,1H3,(H,24,28). The highest BCUT2D eigenvalue weighted by Crippen LogP contribution is 2.28. The Balaban J connectivity index is 1.67. The first-order chi connectivity index (χ1) is 14.1. The smallest absolute Gasteiger partial charge is 0.411 e. The van der Waals surface area contributed by atoms with Crippen LogP contribution in [0.1, 0.15) is 5.56 Å². The van der Waals surface area contributed by atoms with Gasteiger partial charge in [0.15, 0.2) is 0 Å². The number of fused-ring (bicyclic) bond motifs is 1. The van der Waals surface area contributed by atoms with Gasteiger partial charge in [0.05, 0.1) is 19.4 Å². The number of methoxy groups -OCH3 is 1. The van der Waals surface area contributed by atoms with E-state index in [0.29, 0.717) is 11.3 Å². The Kier molecular flexibility index (Phi) is 4.97. The van der Waals surface area contributed by atoms with Crippen molar-refractivity contribution in [3.63, 3.8) is 0 Å². The quantitative estimate of drug-likeness (QED) is 0.538. The maximum Gasteiger partial charge on any atom is 0.411 e. The number of anilines is 1. The summed E-state index contributed by atoms with van der Waals surface area (Å²) in [6.45, 7) is -0.374. The highest BCUT2D eigenvalue weighted by atomic mass is 19.1. The van der Waals surface area contributed by atoms with Gasteiger partial charge in [-0.2, -0.15) is 0 Å². The fraction of sp³-hybridized carbons (Fsp3) is 0.0909. The number of carbonyl (C=O) groups excluding carboxylic acids is 1. The summed E-state index contributed by atoms with van der Waals surface area (Å²) in [5, 5.41) is 12.1. The Morgan fingerprint density at radius 1 is 1.10 bits per heavy atom. The Bertz CT molecular complexity index is 1190. The van der Waals surface area contributed by atoms with E-state index in [-0.39, 0.29) is 12.2 Å². The summed E-state index contributed by atoms with van der Waals surface area (Å²) in [7, 11) is 1.31. The molecular weight excluding hydrogens is 373 g/mol. The van der Waals surface area contributed by atoms with Gasteiger partial charge in [-0.15, -0.1) is 0 Å². The van der Waals surface area contributed by atoms with E-state index >= 15 is 0 Å². The molecule has 0 unspecified atom stereocenters. The monoisotopic (exact) mass is 391 g/mol. The van der Waals surface area contributed by atoms with Crippen LogP contribution in [0.5, 0.6) is 0 Å². The normalized spacial score (nSPS) is 10.9. The highest BCUT2D eigenvalue weighted by molar-refractivity contribution is 5.85. The average molecular weight is 391 g/mol. The predicted molar refractivity (Wildman–Crippen MR) is 108 cm³/mol. The van der Waals surface area contributed by atoms with Gasteiger partial charge in [-0.05, 0) is 41.5 Å². The van der Waals surface area contributed by atoms with Crippen molar-refractivity contribution < 1.29 is 19.0 Å². The lowest BCUT2D eigenvalue weighted by atomic mass is 10.0. The summed E-state index contributed by atoms with van der Waals surface area (Å²) in [4.78, 5) is 15.9. The van der Waals surface area contributed by atoms with Crippen LogP contribution in [0.2, 0.25) is 0 Å². The lowest BCUT2D eigenvalue weighted by molar-refractivity contribution is 0.187. The van der Waals surface area contributed by atoms with Gasteiger partial charge in [-0.3, -0.25) is 5.32 Å². The van der Waals surface area contributed by atoms with Crippen LogP contribution in [-0.4, -0.2) is 27.7 Å². The zero-order valence-electron chi connectivity index (χ0n) is 15.6. The van der Waals surface area contributed by atoms with Crippen molar-refractivity contribution >= 4 is 17.4 Å².